The zero-order valence-electron chi connectivity index (χ0n) is 23.8. The smallest absolute Gasteiger partial charge is 0.264 e. The lowest BCUT2D eigenvalue weighted by Gasteiger charge is -2.33. The minimum Gasteiger partial charge on any atom is -0.352 e. The summed E-state index contributed by atoms with van der Waals surface area (Å²) in [5.41, 5.74) is 1.53. The molecular formula is C31H33Cl4N3O4S. The van der Waals surface area contributed by atoms with Gasteiger partial charge in [0.2, 0.25) is 11.8 Å². The molecule has 3 aromatic rings. The number of anilines is 1. The average Bonchev–Trinajstić information content (AvgIpc) is 2.98. The molecule has 12 heteroatoms. The maximum absolute atomic E-state index is 14.2. The fourth-order valence-corrected chi connectivity index (χ4v) is 7.22. The highest BCUT2D eigenvalue weighted by atomic mass is 35.5. The Balaban J connectivity index is 1.72. The molecule has 0 heterocycles. The molecule has 0 aliphatic heterocycles. The topological polar surface area (TPSA) is 86.8 Å². The standard InChI is InChI=1S/C31H33Cl4N3O4S/c1-20-11-14-24(15-12-20)43(41,42)38(28-10-6-9-26(33)30(28)35)19-29(39)37(18-22-13-16-25(32)27(34)17-22)21(2)31(40)36-23-7-4-3-5-8-23/h6,9-17,21,23H,3-5,7-8,18-19H2,1-2H3,(H,36,40)/t21-/m0/s1. The van der Waals surface area contributed by atoms with Gasteiger partial charge in [-0.2, -0.15) is 0 Å². The van der Waals surface area contributed by atoms with Crippen molar-refractivity contribution in [1.29, 1.82) is 0 Å². The minimum absolute atomic E-state index is 0.0172. The SMILES string of the molecule is Cc1ccc(S(=O)(=O)N(CC(=O)N(Cc2ccc(Cl)c(Cl)c2)[C@@H](C)C(=O)NC2CCCCC2)c2cccc(Cl)c2Cl)cc1. The molecule has 0 aromatic heterocycles. The summed E-state index contributed by atoms with van der Waals surface area (Å²) in [4.78, 5) is 28.9. The van der Waals surface area contributed by atoms with E-state index >= 15 is 0 Å². The predicted octanol–water partition coefficient (Wildman–Crippen LogP) is 7.67. The zero-order chi connectivity index (χ0) is 31.3. The molecule has 1 fully saturated rings. The van der Waals surface area contributed by atoms with E-state index in [9.17, 15) is 18.0 Å². The van der Waals surface area contributed by atoms with Crippen LogP contribution in [0.5, 0.6) is 0 Å². The number of benzene rings is 3. The summed E-state index contributed by atoms with van der Waals surface area (Å²) >= 11 is 25.1. The second kappa shape index (κ2) is 14.5. The normalized spacial score (nSPS) is 14.7. The summed E-state index contributed by atoms with van der Waals surface area (Å²) < 4.78 is 29.0. The second-order valence-corrected chi connectivity index (χ2v) is 14.1. The van der Waals surface area contributed by atoms with E-state index < -0.39 is 28.5 Å². The molecule has 7 nitrogen and oxygen atoms in total. The first-order valence-corrected chi connectivity index (χ1v) is 16.9. The van der Waals surface area contributed by atoms with Crippen LogP contribution in [-0.2, 0) is 26.2 Å². The molecule has 0 bridgehead atoms. The summed E-state index contributed by atoms with van der Waals surface area (Å²) in [7, 11) is -4.29. The Kier molecular flexibility index (Phi) is 11.3. The third kappa shape index (κ3) is 8.17. The van der Waals surface area contributed by atoms with Crippen LogP contribution in [0.1, 0.15) is 50.2 Å². The Bertz CT molecular complexity index is 1580. The predicted molar refractivity (Wildman–Crippen MR) is 174 cm³/mol. The number of halogens is 4. The number of sulfonamides is 1. The molecule has 0 unspecified atom stereocenters. The van der Waals surface area contributed by atoms with Gasteiger partial charge in [-0.1, -0.05) is 95.5 Å². The molecule has 2 amide bonds. The van der Waals surface area contributed by atoms with E-state index in [1.54, 1.807) is 43.3 Å². The molecule has 43 heavy (non-hydrogen) atoms. The second-order valence-electron chi connectivity index (χ2n) is 10.7. The molecule has 0 spiro atoms. The van der Waals surface area contributed by atoms with Crippen LogP contribution in [-0.4, -0.2) is 43.8 Å². The average molecular weight is 686 g/mol. The van der Waals surface area contributed by atoms with Crippen molar-refractivity contribution in [1.82, 2.24) is 10.2 Å². The van der Waals surface area contributed by atoms with E-state index in [1.165, 1.54) is 29.2 Å². The summed E-state index contributed by atoms with van der Waals surface area (Å²) in [5.74, 6) is -0.946. The number of carbonyl (C=O) groups excluding carboxylic acids is 2. The lowest BCUT2D eigenvalue weighted by molar-refractivity contribution is -0.139. The highest BCUT2D eigenvalue weighted by Gasteiger charge is 2.34. The van der Waals surface area contributed by atoms with Gasteiger partial charge in [-0.25, -0.2) is 8.42 Å². The minimum atomic E-state index is -4.29. The van der Waals surface area contributed by atoms with Crippen molar-refractivity contribution in [3.63, 3.8) is 0 Å². The van der Waals surface area contributed by atoms with Gasteiger partial charge in [-0.05, 0) is 68.7 Å². The Morgan fingerprint density at radius 2 is 1.58 bits per heavy atom. The molecule has 1 aliphatic rings. The Morgan fingerprint density at radius 3 is 2.23 bits per heavy atom. The highest BCUT2D eigenvalue weighted by Crippen LogP contribution is 2.36. The fourth-order valence-electron chi connectivity index (χ4n) is 5.02. The number of amides is 2. The maximum Gasteiger partial charge on any atom is 0.264 e. The zero-order valence-corrected chi connectivity index (χ0v) is 27.7. The molecule has 0 saturated heterocycles. The van der Waals surface area contributed by atoms with E-state index in [2.05, 4.69) is 5.32 Å². The number of hydrogen-bond acceptors (Lipinski definition) is 4. The van der Waals surface area contributed by atoms with Gasteiger partial charge in [0.05, 0.1) is 30.7 Å². The van der Waals surface area contributed by atoms with Gasteiger partial charge in [-0.3, -0.25) is 13.9 Å². The van der Waals surface area contributed by atoms with Crippen molar-refractivity contribution in [3.05, 3.63) is 91.9 Å². The third-order valence-corrected chi connectivity index (χ3v) is 10.9. The number of nitrogens with zero attached hydrogens (tertiary/aromatic N) is 2. The van der Waals surface area contributed by atoms with Crippen LogP contribution in [0.15, 0.2) is 65.6 Å². The van der Waals surface area contributed by atoms with E-state index in [0.29, 0.717) is 15.6 Å². The molecule has 1 saturated carbocycles. The van der Waals surface area contributed by atoms with Crippen molar-refractivity contribution >= 4 is 73.9 Å². The maximum atomic E-state index is 14.2. The first-order chi connectivity index (χ1) is 20.4. The van der Waals surface area contributed by atoms with Crippen LogP contribution in [0.25, 0.3) is 0 Å². The number of carbonyl (C=O) groups is 2. The Labute approximate surface area is 273 Å². The number of hydrogen-bond donors (Lipinski definition) is 1. The molecule has 1 N–H and O–H groups in total. The highest BCUT2D eigenvalue weighted by molar-refractivity contribution is 7.92. The van der Waals surface area contributed by atoms with Crippen molar-refractivity contribution in [2.75, 3.05) is 10.8 Å². The van der Waals surface area contributed by atoms with Gasteiger partial charge in [0.15, 0.2) is 0 Å². The number of rotatable bonds is 10. The van der Waals surface area contributed by atoms with Crippen LogP contribution in [0, 0.1) is 6.92 Å². The van der Waals surface area contributed by atoms with Crippen LogP contribution in [0.4, 0.5) is 5.69 Å². The van der Waals surface area contributed by atoms with Crippen LogP contribution in [0.2, 0.25) is 20.1 Å². The third-order valence-electron chi connectivity index (χ3n) is 7.54. The monoisotopic (exact) mass is 683 g/mol. The van der Waals surface area contributed by atoms with Crippen molar-refractivity contribution in [2.24, 2.45) is 0 Å². The summed E-state index contributed by atoms with van der Waals surface area (Å²) in [6.07, 6.45) is 4.92. The first-order valence-electron chi connectivity index (χ1n) is 14.0. The lowest BCUT2D eigenvalue weighted by atomic mass is 9.95. The van der Waals surface area contributed by atoms with Crippen LogP contribution < -0.4 is 9.62 Å². The Hall–Kier alpha value is -2.49. The van der Waals surface area contributed by atoms with Crippen molar-refractivity contribution in [3.8, 4) is 0 Å². The van der Waals surface area contributed by atoms with E-state index in [4.69, 9.17) is 46.4 Å². The molecule has 230 valence electrons. The molecule has 0 radical (unpaired) electrons. The molecule has 3 aromatic carbocycles. The van der Waals surface area contributed by atoms with Crippen molar-refractivity contribution < 1.29 is 18.0 Å². The first kappa shape index (κ1) is 33.4. The van der Waals surface area contributed by atoms with Crippen molar-refractivity contribution in [2.45, 2.75) is 69.5 Å². The van der Waals surface area contributed by atoms with E-state index in [0.717, 1.165) is 42.0 Å². The van der Waals surface area contributed by atoms with E-state index in [1.807, 2.05) is 6.92 Å². The molecular weight excluding hydrogens is 652 g/mol. The number of aryl methyl sites for hydroxylation is 1. The van der Waals surface area contributed by atoms with Crippen LogP contribution in [0.3, 0.4) is 0 Å². The quantitative estimate of drug-likeness (QED) is 0.238. The fraction of sp³-hybridized carbons (Fsp3) is 0.355. The Morgan fingerprint density at radius 1 is 0.907 bits per heavy atom. The summed E-state index contributed by atoms with van der Waals surface area (Å²) in [6, 6.07) is 14.9. The van der Waals surface area contributed by atoms with Gasteiger partial charge in [-0.15, -0.1) is 0 Å². The molecule has 1 atom stereocenters. The van der Waals surface area contributed by atoms with Gasteiger partial charge in [0, 0.05) is 12.6 Å². The molecule has 4 rings (SSSR count). The largest absolute Gasteiger partial charge is 0.352 e. The van der Waals surface area contributed by atoms with Gasteiger partial charge >= 0.3 is 0 Å². The van der Waals surface area contributed by atoms with E-state index in [-0.39, 0.29) is 39.1 Å². The summed E-state index contributed by atoms with van der Waals surface area (Å²) in [5, 5.41) is 3.82. The lowest BCUT2D eigenvalue weighted by Crippen LogP contribution is -2.53. The van der Waals surface area contributed by atoms with Gasteiger partial charge in [0.1, 0.15) is 12.6 Å². The van der Waals surface area contributed by atoms with Crippen LogP contribution >= 0.6 is 46.4 Å². The van der Waals surface area contributed by atoms with Gasteiger partial charge < -0.3 is 10.2 Å². The van der Waals surface area contributed by atoms with Gasteiger partial charge in [0.25, 0.3) is 10.0 Å². The number of nitrogens with one attached hydrogen (secondary N) is 1. The summed E-state index contributed by atoms with van der Waals surface area (Å²) in [6.45, 7) is 2.81. The molecule has 1 aliphatic carbocycles.